The van der Waals surface area contributed by atoms with Crippen molar-refractivity contribution in [1.82, 2.24) is 10.3 Å². The average Bonchev–Trinajstić information content (AvgIpc) is 2.78. The number of nitrogens with zero attached hydrogens (tertiary/aromatic N) is 2. The first-order valence-corrected chi connectivity index (χ1v) is 7.25. The number of rotatable bonds is 7. The van der Waals surface area contributed by atoms with Crippen molar-refractivity contribution in [3.63, 3.8) is 0 Å². The molecular weight excluding hydrogens is 246 g/mol. The predicted molar refractivity (Wildman–Crippen MR) is 78.7 cm³/mol. The molecule has 0 saturated carbocycles. The van der Waals surface area contributed by atoms with Crippen LogP contribution in [0, 0.1) is 5.92 Å². The van der Waals surface area contributed by atoms with Gasteiger partial charge in [-0.15, -0.1) is 0 Å². The van der Waals surface area contributed by atoms with Gasteiger partial charge in [-0.3, -0.25) is 0 Å². The number of hydrogen-bond donors (Lipinski definition) is 1. The highest BCUT2D eigenvalue weighted by atomic mass is 32.1. The van der Waals surface area contributed by atoms with E-state index in [-0.39, 0.29) is 0 Å². The fourth-order valence-corrected chi connectivity index (χ4v) is 2.50. The summed E-state index contributed by atoms with van der Waals surface area (Å²) >= 11 is 1.68. The fourth-order valence-electron chi connectivity index (χ4n) is 1.60. The highest BCUT2D eigenvalue weighted by Crippen LogP contribution is 2.30. The van der Waals surface area contributed by atoms with Crippen molar-refractivity contribution in [3.05, 3.63) is 4.88 Å². The lowest BCUT2D eigenvalue weighted by atomic mass is 10.0. The van der Waals surface area contributed by atoms with E-state index in [0.717, 1.165) is 22.4 Å². The number of methoxy groups -OCH3 is 1. The maximum Gasteiger partial charge on any atom is 0.230 e. The van der Waals surface area contributed by atoms with E-state index in [1.165, 1.54) is 6.42 Å². The normalized spacial score (nSPS) is 14.3. The summed E-state index contributed by atoms with van der Waals surface area (Å²) in [7, 11) is 5.67. The van der Waals surface area contributed by atoms with Crippen LogP contribution in [0.4, 0.5) is 5.13 Å². The summed E-state index contributed by atoms with van der Waals surface area (Å²) in [6, 6.07) is 0.504. The molecule has 0 aromatic carbocycles. The summed E-state index contributed by atoms with van der Waals surface area (Å²) < 4.78 is 5.33. The molecule has 5 heteroatoms. The molecule has 1 heterocycles. The molecule has 18 heavy (non-hydrogen) atoms. The van der Waals surface area contributed by atoms with Crippen LogP contribution < -0.4 is 15.0 Å². The molecule has 1 rings (SSSR count). The number of hydrogen-bond acceptors (Lipinski definition) is 5. The van der Waals surface area contributed by atoms with Crippen molar-refractivity contribution in [3.8, 4) is 5.88 Å². The van der Waals surface area contributed by atoms with Gasteiger partial charge >= 0.3 is 0 Å². The molecule has 0 fully saturated rings. The second kappa shape index (κ2) is 6.95. The Morgan fingerprint density at radius 2 is 2.06 bits per heavy atom. The quantitative estimate of drug-likeness (QED) is 0.827. The summed E-state index contributed by atoms with van der Waals surface area (Å²) in [6.07, 6.45) is 1.19. The van der Waals surface area contributed by atoms with Crippen LogP contribution in [0.5, 0.6) is 5.88 Å². The molecule has 0 aliphatic heterocycles. The largest absolute Gasteiger partial charge is 0.480 e. The number of anilines is 1. The molecule has 0 spiro atoms. The molecule has 0 aliphatic carbocycles. The van der Waals surface area contributed by atoms with E-state index >= 15 is 0 Å². The van der Waals surface area contributed by atoms with E-state index in [1.54, 1.807) is 18.4 Å². The first kappa shape index (κ1) is 15.2. The van der Waals surface area contributed by atoms with Gasteiger partial charge in [-0.1, -0.05) is 31.6 Å². The summed E-state index contributed by atoms with van der Waals surface area (Å²) in [4.78, 5) is 7.63. The van der Waals surface area contributed by atoms with E-state index in [2.05, 4.69) is 31.1 Å². The van der Waals surface area contributed by atoms with Crippen molar-refractivity contribution in [2.24, 2.45) is 5.92 Å². The molecule has 0 radical (unpaired) electrons. The molecule has 1 aromatic heterocycles. The molecule has 0 aliphatic rings. The lowest BCUT2D eigenvalue weighted by Gasteiger charge is -2.19. The summed E-state index contributed by atoms with van der Waals surface area (Å²) in [5.74, 6) is 1.42. The van der Waals surface area contributed by atoms with Gasteiger partial charge in [-0.05, 0) is 12.8 Å². The Labute approximate surface area is 114 Å². The minimum absolute atomic E-state index is 0.504. The van der Waals surface area contributed by atoms with Crippen LogP contribution >= 0.6 is 11.3 Å². The van der Waals surface area contributed by atoms with Crippen molar-refractivity contribution in [2.75, 3.05) is 26.1 Å². The van der Waals surface area contributed by atoms with Crippen molar-refractivity contribution in [1.29, 1.82) is 0 Å². The van der Waals surface area contributed by atoms with Gasteiger partial charge in [-0.25, -0.2) is 0 Å². The van der Waals surface area contributed by atoms with Crippen LogP contribution in [-0.4, -0.2) is 32.2 Å². The molecule has 0 saturated heterocycles. The van der Waals surface area contributed by atoms with Gasteiger partial charge in [-0.2, -0.15) is 4.98 Å². The van der Waals surface area contributed by atoms with Gasteiger partial charge in [0, 0.05) is 26.7 Å². The van der Waals surface area contributed by atoms with Gasteiger partial charge in [0.2, 0.25) is 5.88 Å². The van der Waals surface area contributed by atoms with Crippen molar-refractivity contribution < 1.29 is 4.74 Å². The van der Waals surface area contributed by atoms with Gasteiger partial charge in [0.1, 0.15) is 0 Å². The zero-order valence-electron chi connectivity index (χ0n) is 12.3. The Balaban J connectivity index is 2.66. The standard InChI is InChI=1S/C13H25N3OS/c1-7-9(2)10(3)14-8-11-12(17-6)15-13(18-11)16(4)5/h9-10,14H,7-8H2,1-6H3. The van der Waals surface area contributed by atoms with Crippen LogP contribution in [0.25, 0.3) is 0 Å². The Morgan fingerprint density at radius 1 is 1.39 bits per heavy atom. The SMILES string of the molecule is CCC(C)C(C)NCc1sc(N(C)C)nc1OC. The molecule has 0 bridgehead atoms. The topological polar surface area (TPSA) is 37.4 Å². The predicted octanol–water partition coefficient (Wildman–Crippen LogP) is 2.74. The molecule has 0 amide bonds. The third-order valence-electron chi connectivity index (χ3n) is 3.31. The first-order chi connectivity index (χ1) is 8.49. The first-order valence-electron chi connectivity index (χ1n) is 6.44. The summed E-state index contributed by atoms with van der Waals surface area (Å²) in [6.45, 7) is 7.54. The minimum Gasteiger partial charge on any atom is -0.480 e. The maximum absolute atomic E-state index is 5.33. The van der Waals surface area contributed by atoms with Gasteiger partial charge < -0.3 is 15.0 Å². The monoisotopic (exact) mass is 271 g/mol. The summed E-state index contributed by atoms with van der Waals surface area (Å²) in [5.41, 5.74) is 0. The van der Waals surface area contributed by atoms with Gasteiger partial charge in [0.25, 0.3) is 0 Å². The highest BCUT2D eigenvalue weighted by molar-refractivity contribution is 7.15. The molecule has 104 valence electrons. The molecule has 2 unspecified atom stereocenters. The Bertz CT molecular complexity index is 365. The zero-order valence-corrected chi connectivity index (χ0v) is 13.1. The van der Waals surface area contributed by atoms with E-state index in [0.29, 0.717) is 12.0 Å². The summed E-state index contributed by atoms with van der Waals surface area (Å²) in [5, 5.41) is 4.53. The lowest BCUT2D eigenvalue weighted by Crippen LogP contribution is -2.31. The minimum atomic E-state index is 0.504. The highest BCUT2D eigenvalue weighted by Gasteiger charge is 2.15. The van der Waals surface area contributed by atoms with Crippen LogP contribution in [-0.2, 0) is 6.54 Å². The second-order valence-corrected chi connectivity index (χ2v) is 5.94. The number of aromatic nitrogens is 1. The van der Waals surface area contributed by atoms with Crippen molar-refractivity contribution in [2.45, 2.75) is 39.8 Å². The van der Waals surface area contributed by atoms with Gasteiger partial charge in [0.05, 0.1) is 12.0 Å². The number of thiazole rings is 1. The van der Waals surface area contributed by atoms with E-state index in [1.807, 2.05) is 19.0 Å². The number of ether oxygens (including phenoxy) is 1. The van der Waals surface area contributed by atoms with Crippen LogP contribution in [0.3, 0.4) is 0 Å². The Kier molecular flexibility index (Phi) is 5.88. The third-order valence-corrected chi connectivity index (χ3v) is 4.51. The average molecular weight is 271 g/mol. The molecule has 1 aromatic rings. The Morgan fingerprint density at radius 3 is 2.56 bits per heavy atom. The van der Waals surface area contributed by atoms with Crippen LogP contribution in [0.15, 0.2) is 0 Å². The van der Waals surface area contributed by atoms with E-state index < -0.39 is 0 Å². The Hall–Kier alpha value is -0.810. The third kappa shape index (κ3) is 3.85. The molecule has 1 N–H and O–H groups in total. The number of nitrogens with one attached hydrogen (secondary N) is 1. The molecular formula is C13H25N3OS. The van der Waals surface area contributed by atoms with Gasteiger partial charge in [0.15, 0.2) is 5.13 Å². The second-order valence-electron chi connectivity index (χ2n) is 4.88. The maximum atomic E-state index is 5.33. The van der Waals surface area contributed by atoms with Crippen LogP contribution in [0.2, 0.25) is 0 Å². The molecule has 2 atom stereocenters. The molecule has 4 nitrogen and oxygen atoms in total. The smallest absolute Gasteiger partial charge is 0.230 e. The van der Waals surface area contributed by atoms with Crippen molar-refractivity contribution >= 4 is 16.5 Å². The fraction of sp³-hybridized carbons (Fsp3) is 0.769. The zero-order chi connectivity index (χ0) is 13.7. The van der Waals surface area contributed by atoms with E-state index in [4.69, 9.17) is 4.74 Å². The lowest BCUT2D eigenvalue weighted by molar-refractivity contribution is 0.375. The van der Waals surface area contributed by atoms with E-state index in [9.17, 15) is 0 Å². The van der Waals surface area contributed by atoms with Crippen LogP contribution in [0.1, 0.15) is 32.1 Å².